The van der Waals surface area contributed by atoms with Crippen LogP contribution in [0.3, 0.4) is 0 Å². The average molecular weight is 319 g/mol. The van der Waals surface area contributed by atoms with Crippen LogP contribution in [0.15, 0.2) is 24.3 Å². The van der Waals surface area contributed by atoms with Crippen LogP contribution in [0.25, 0.3) is 0 Å². The highest BCUT2D eigenvalue weighted by Crippen LogP contribution is 2.18. The Hall–Kier alpha value is -2.08. The molecule has 1 aromatic rings. The van der Waals surface area contributed by atoms with Crippen LogP contribution >= 0.6 is 0 Å². The first-order valence-electron chi connectivity index (χ1n) is 7.93. The molecule has 0 radical (unpaired) electrons. The fraction of sp³-hybridized carbons (Fsp3) is 0.529. The second kappa shape index (κ2) is 7.46. The number of nitrogens with one attached hydrogen (secondary N) is 2. The van der Waals surface area contributed by atoms with Gasteiger partial charge in [-0.25, -0.2) is 4.79 Å². The van der Waals surface area contributed by atoms with Crippen molar-refractivity contribution in [2.75, 3.05) is 18.4 Å². The van der Waals surface area contributed by atoms with Gasteiger partial charge in [0.25, 0.3) is 0 Å². The minimum atomic E-state index is -0.148. The van der Waals surface area contributed by atoms with E-state index in [1.54, 1.807) is 4.90 Å². The fourth-order valence-electron chi connectivity index (χ4n) is 2.79. The van der Waals surface area contributed by atoms with Crippen molar-refractivity contribution in [3.63, 3.8) is 0 Å². The Labute approximate surface area is 137 Å². The maximum atomic E-state index is 12.4. The van der Waals surface area contributed by atoms with Crippen molar-refractivity contribution in [2.24, 2.45) is 0 Å². The summed E-state index contributed by atoms with van der Waals surface area (Å²) in [5, 5.41) is 5.76. The Balaban J connectivity index is 1.99. The van der Waals surface area contributed by atoms with Crippen molar-refractivity contribution >= 4 is 17.6 Å². The summed E-state index contributed by atoms with van der Waals surface area (Å²) < 4.78 is 5.65. The smallest absolute Gasteiger partial charge is 0.318 e. The first kappa shape index (κ1) is 17.3. The van der Waals surface area contributed by atoms with Crippen molar-refractivity contribution in [1.82, 2.24) is 10.2 Å². The third kappa shape index (κ3) is 4.96. The summed E-state index contributed by atoms with van der Waals surface area (Å²) in [6.07, 6.45) is 0.0887. The highest BCUT2D eigenvalue weighted by Gasteiger charge is 2.26. The minimum absolute atomic E-state index is 0.0444. The molecule has 23 heavy (non-hydrogen) atoms. The van der Waals surface area contributed by atoms with Gasteiger partial charge in [-0.2, -0.15) is 0 Å². The average Bonchev–Trinajstić information content (AvgIpc) is 2.45. The lowest BCUT2D eigenvalue weighted by atomic mass is 10.1. The Morgan fingerprint density at radius 2 is 1.91 bits per heavy atom. The summed E-state index contributed by atoms with van der Waals surface area (Å²) in [5.41, 5.74) is 1.67. The number of morpholine rings is 1. The first-order valence-corrected chi connectivity index (χ1v) is 7.93. The second-order valence-corrected chi connectivity index (χ2v) is 6.14. The number of carbonyl (C=O) groups is 2. The molecule has 1 fully saturated rings. The molecule has 2 rings (SSSR count). The number of urea groups is 1. The first-order chi connectivity index (χ1) is 10.8. The number of ether oxygens (including phenoxy) is 1. The number of anilines is 1. The van der Waals surface area contributed by atoms with Gasteiger partial charge in [0.05, 0.1) is 18.2 Å². The van der Waals surface area contributed by atoms with Gasteiger partial charge in [0.15, 0.2) is 0 Å². The van der Waals surface area contributed by atoms with E-state index in [1.165, 1.54) is 6.92 Å². The largest absolute Gasteiger partial charge is 0.372 e. The molecule has 6 heteroatoms. The van der Waals surface area contributed by atoms with Crippen LogP contribution in [0.4, 0.5) is 10.5 Å². The van der Waals surface area contributed by atoms with Gasteiger partial charge in [0.1, 0.15) is 0 Å². The molecular formula is C17H25N3O3. The van der Waals surface area contributed by atoms with Crippen molar-refractivity contribution in [3.05, 3.63) is 29.8 Å². The summed E-state index contributed by atoms with van der Waals surface area (Å²) in [6, 6.07) is 7.25. The van der Waals surface area contributed by atoms with E-state index in [2.05, 4.69) is 10.6 Å². The van der Waals surface area contributed by atoms with Gasteiger partial charge in [0.2, 0.25) is 5.91 Å². The number of rotatable bonds is 3. The number of hydrogen-bond donors (Lipinski definition) is 2. The lowest BCUT2D eigenvalue weighted by Gasteiger charge is -2.35. The molecule has 126 valence electrons. The van der Waals surface area contributed by atoms with Gasteiger partial charge < -0.3 is 20.3 Å². The van der Waals surface area contributed by atoms with Crippen LogP contribution < -0.4 is 10.6 Å². The monoisotopic (exact) mass is 319 g/mol. The highest BCUT2D eigenvalue weighted by atomic mass is 16.5. The number of hydrogen-bond acceptors (Lipinski definition) is 3. The fourth-order valence-corrected chi connectivity index (χ4v) is 2.79. The normalized spacial score (nSPS) is 22.3. The topological polar surface area (TPSA) is 70.7 Å². The highest BCUT2D eigenvalue weighted by molar-refractivity contribution is 5.88. The van der Waals surface area contributed by atoms with Crippen molar-refractivity contribution in [2.45, 2.75) is 45.9 Å². The molecule has 1 heterocycles. The van der Waals surface area contributed by atoms with Crippen LogP contribution in [-0.2, 0) is 9.53 Å². The summed E-state index contributed by atoms with van der Waals surface area (Å²) in [6.45, 7) is 8.52. The number of benzene rings is 1. The maximum absolute atomic E-state index is 12.4. The quantitative estimate of drug-likeness (QED) is 0.899. The molecule has 6 nitrogen and oxygen atoms in total. The molecule has 1 saturated heterocycles. The number of nitrogens with zero attached hydrogens (tertiary/aromatic N) is 1. The van der Waals surface area contributed by atoms with E-state index in [4.69, 9.17) is 4.74 Å². The number of amides is 3. The molecule has 2 N–H and O–H groups in total. The Morgan fingerprint density at radius 3 is 2.52 bits per heavy atom. The van der Waals surface area contributed by atoms with Gasteiger partial charge in [-0.3, -0.25) is 4.79 Å². The predicted octanol–water partition coefficient (Wildman–Crippen LogP) is 2.52. The molecule has 1 aliphatic heterocycles. The van der Waals surface area contributed by atoms with E-state index < -0.39 is 0 Å². The SMILES string of the molecule is CC(=O)Nc1cccc(C(C)NC(=O)N2CC(C)OC(C)C2)c1. The van der Waals surface area contributed by atoms with Crippen LogP contribution in [0.5, 0.6) is 0 Å². The van der Waals surface area contributed by atoms with E-state index in [9.17, 15) is 9.59 Å². The van der Waals surface area contributed by atoms with E-state index >= 15 is 0 Å². The Morgan fingerprint density at radius 1 is 1.26 bits per heavy atom. The standard InChI is InChI=1S/C17H25N3O3/c1-11-9-20(10-12(2)23-11)17(22)18-13(3)15-6-5-7-16(8-15)19-14(4)21/h5-8,11-13H,9-10H2,1-4H3,(H,18,22)(H,19,21). The summed E-state index contributed by atoms with van der Waals surface area (Å²) in [4.78, 5) is 25.4. The van der Waals surface area contributed by atoms with Crippen molar-refractivity contribution in [3.8, 4) is 0 Å². The molecule has 3 atom stereocenters. The zero-order chi connectivity index (χ0) is 17.0. The zero-order valence-electron chi connectivity index (χ0n) is 14.1. The molecule has 3 amide bonds. The van der Waals surface area contributed by atoms with Crippen LogP contribution in [0, 0.1) is 0 Å². The van der Waals surface area contributed by atoms with Crippen molar-refractivity contribution < 1.29 is 14.3 Å². The van der Waals surface area contributed by atoms with E-state index in [-0.39, 0.29) is 30.2 Å². The third-order valence-corrected chi connectivity index (χ3v) is 3.75. The van der Waals surface area contributed by atoms with E-state index in [1.807, 2.05) is 45.0 Å². The van der Waals surface area contributed by atoms with Crippen LogP contribution in [-0.4, -0.2) is 42.1 Å². The molecule has 1 aromatic carbocycles. The Kier molecular flexibility index (Phi) is 5.60. The minimum Gasteiger partial charge on any atom is -0.372 e. The maximum Gasteiger partial charge on any atom is 0.318 e. The van der Waals surface area contributed by atoms with E-state index in [0.717, 1.165) is 11.3 Å². The molecule has 3 unspecified atom stereocenters. The van der Waals surface area contributed by atoms with Gasteiger partial charge in [0, 0.05) is 25.7 Å². The third-order valence-electron chi connectivity index (χ3n) is 3.75. The van der Waals surface area contributed by atoms with Gasteiger partial charge in [-0.05, 0) is 38.5 Å². The molecule has 0 saturated carbocycles. The van der Waals surface area contributed by atoms with Crippen LogP contribution in [0.2, 0.25) is 0 Å². The Bertz CT molecular complexity index is 566. The summed E-state index contributed by atoms with van der Waals surface area (Å²) in [7, 11) is 0. The summed E-state index contributed by atoms with van der Waals surface area (Å²) in [5.74, 6) is -0.116. The zero-order valence-corrected chi connectivity index (χ0v) is 14.1. The lowest BCUT2D eigenvalue weighted by molar-refractivity contribution is -0.114. The van der Waals surface area contributed by atoms with Gasteiger partial charge in [-0.15, -0.1) is 0 Å². The molecule has 0 aliphatic carbocycles. The molecular weight excluding hydrogens is 294 g/mol. The summed E-state index contributed by atoms with van der Waals surface area (Å²) >= 11 is 0. The van der Waals surface area contributed by atoms with E-state index in [0.29, 0.717) is 13.1 Å². The van der Waals surface area contributed by atoms with Crippen LogP contribution in [0.1, 0.15) is 39.3 Å². The van der Waals surface area contributed by atoms with Crippen molar-refractivity contribution in [1.29, 1.82) is 0 Å². The molecule has 1 aliphatic rings. The van der Waals surface area contributed by atoms with Gasteiger partial charge >= 0.3 is 6.03 Å². The molecule has 0 spiro atoms. The van der Waals surface area contributed by atoms with Gasteiger partial charge in [-0.1, -0.05) is 12.1 Å². The molecule has 0 bridgehead atoms. The second-order valence-electron chi connectivity index (χ2n) is 6.14. The predicted molar refractivity (Wildman–Crippen MR) is 89.3 cm³/mol. The molecule has 0 aromatic heterocycles. The number of carbonyl (C=O) groups excluding carboxylic acids is 2. The lowest BCUT2D eigenvalue weighted by Crippen LogP contribution is -2.52.